The number of H-pyrrole nitrogens is 1. The fourth-order valence-corrected chi connectivity index (χ4v) is 2.48. The zero-order valence-corrected chi connectivity index (χ0v) is 12.9. The lowest BCUT2D eigenvalue weighted by Crippen LogP contribution is -2.21. The first-order chi connectivity index (χ1) is 11.9. The molecule has 2 heterocycles. The first-order valence-electron chi connectivity index (χ1n) is 7.04. The highest BCUT2D eigenvalue weighted by Crippen LogP contribution is 2.20. The summed E-state index contributed by atoms with van der Waals surface area (Å²) in [5, 5.41) is 10.7. The summed E-state index contributed by atoms with van der Waals surface area (Å²) in [5.41, 5.74) is -0.637. The molecule has 0 saturated heterocycles. The van der Waals surface area contributed by atoms with Gasteiger partial charge in [-0.1, -0.05) is 0 Å². The first kappa shape index (κ1) is 16.1. The Hall–Kier alpha value is -3.75. The lowest BCUT2D eigenvalue weighted by atomic mass is 9.99. The number of hydrogen-bond acceptors (Lipinski definition) is 6. The van der Waals surface area contributed by atoms with Crippen molar-refractivity contribution in [3.63, 3.8) is 0 Å². The largest absolute Gasteiger partial charge is 0.465 e. The van der Waals surface area contributed by atoms with Gasteiger partial charge in [-0.25, -0.2) is 4.79 Å². The van der Waals surface area contributed by atoms with Crippen molar-refractivity contribution in [1.82, 2.24) is 9.38 Å². The monoisotopic (exact) mass is 341 g/mol. The number of pyridine rings is 1. The normalized spacial score (nSPS) is 10.6. The number of nitro groups is 1. The van der Waals surface area contributed by atoms with Crippen LogP contribution in [-0.2, 0) is 4.74 Å². The molecule has 3 aromatic rings. The van der Waals surface area contributed by atoms with E-state index >= 15 is 0 Å². The second-order valence-electron chi connectivity index (χ2n) is 5.07. The average Bonchev–Trinajstić information content (AvgIpc) is 3.10. The molecule has 9 nitrogen and oxygen atoms in total. The number of nitro benzene ring substituents is 1. The second-order valence-corrected chi connectivity index (χ2v) is 5.07. The predicted molar refractivity (Wildman–Crippen MR) is 85.9 cm³/mol. The highest BCUT2D eigenvalue weighted by molar-refractivity contribution is 6.17. The number of nitrogens with one attached hydrogen (secondary N) is 1. The van der Waals surface area contributed by atoms with E-state index < -0.39 is 22.2 Å². The van der Waals surface area contributed by atoms with Gasteiger partial charge in [-0.2, -0.15) is 0 Å². The Morgan fingerprint density at radius 3 is 2.52 bits per heavy atom. The van der Waals surface area contributed by atoms with E-state index in [-0.39, 0.29) is 28.0 Å². The van der Waals surface area contributed by atoms with Crippen molar-refractivity contribution in [2.45, 2.75) is 0 Å². The van der Waals surface area contributed by atoms with Crippen LogP contribution >= 0.6 is 0 Å². The maximum absolute atomic E-state index is 12.9. The maximum Gasteiger partial charge on any atom is 0.338 e. The molecule has 0 saturated carbocycles. The molecular weight excluding hydrogens is 330 g/mol. The standard InChI is InChI=1S/C16H11N3O6/c1-25-16(22)11-8-12(20)18-7-6-17-15(18)13(11)14(21)9-2-4-10(5-3-9)19(23)24/h2-8,17H,1H3. The number of ether oxygens (including phenoxy) is 1. The van der Waals surface area contributed by atoms with Crippen LogP contribution in [0.2, 0.25) is 0 Å². The van der Waals surface area contributed by atoms with Crippen molar-refractivity contribution in [3.05, 3.63) is 79.9 Å². The number of ketones is 1. The van der Waals surface area contributed by atoms with Crippen LogP contribution in [0.25, 0.3) is 5.65 Å². The van der Waals surface area contributed by atoms with E-state index in [0.717, 1.165) is 13.2 Å². The first-order valence-corrected chi connectivity index (χ1v) is 7.04. The minimum atomic E-state index is -0.834. The van der Waals surface area contributed by atoms with Gasteiger partial charge in [-0.3, -0.25) is 24.1 Å². The summed E-state index contributed by atoms with van der Waals surface area (Å²) in [4.78, 5) is 49.8. The number of rotatable bonds is 4. The molecule has 0 aliphatic carbocycles. The number of methoxy groups -OCH3 is 1. The van der Waals surface area contributed by atoms with Crippen molar-refractivity contribution in [2.24, 2.45) is 0 Å². The predicted octanol–water partition coefficient (Wildman–Crippen LogP) is 1.55. The van der Waals surface area contributed by atoms with Crippen LogP contribution in [0.5, 0.6) is 0 Å². The lowest BCUT2D eigenvalue weighted by molar-refractivity contribution is -0.384. The summed E-state index contributed by atoms with van der Waals surface area (Å²) in [6.45, 7) is 0. The van der Waals surface area contributed by atoms with E-state index in [1.807, 2.05) is 0 Å². The van der Waals surface area contributed by atoms with Gasteiger partial charge in [0, 0.05) is 36.2 Å². The molecule has 0 unspecified atom stereocenters. The molecule has 0 aliphatic heterocycles. The summed E-state index contributed by atoms with van der Waals surface area (Å²) >= 11 is 0. The van der Waals surface area contributed by atoms with Gasteiger partial charge in [0.2, 0.25) is 0 Å². The third-order valence-electron chi connectivity index (χ3n) is 3.67. The molecule has 25 heavy (non-hydrogen) atoms. The molecule has 1 aromatic carbocycles. The molecular formula is C16H11N3O6. The third-order valence-corrected chi connectivity index (χ3v) is 3.67. The average molecular weight is 341 g/mol. The Bertz CT molecular complexity index is 1060. The van der Waals surface area contributed by atoms with Gasteiger partial charge in [0.25, 0.3) is 11.2 Å². The Kier molecular flexibility index (Phi) is 3.89. The van der Waals surface area contributed by atoms with Gasteiger partial charge in [0.05, 0.1) is 23.2 Å². The maximum atomic E-state index is 12.9. The number of imidazole rings is 1. The summed E-state index contributed by atoms with van der Waals surface area (Å²) in [7, 11) is 1.14. The number of carbonyl (C=O) groups excluding carboxylic acids is 2. The number of esters is 1. The molecule has 0 fully saturated rings. The van der Waals surface area contributed by atoms with Crippen molar-refractivity contribution < 1.29 is 19.2 Å². The molecule has 0 atom stereocenters. The zero-order valence-electron chi connectivity index (χ0n) is 12.9. The third kappa shape index (κ3) is 2.67. The highest BCUT2D eigenvalue weighted by Gasteiger charge is 2.24. The summed E-state index contributed by atoms with van der Waals surface area (Å²) in [5.74, 6) is -1.41. The van der Waals surface area contributed by atoms with Gasteiger partial charge in [-0.15, -0.1) is 0 Å². The van der Waals surface area contributed by atoms with Crippen LogP contribution in [0.4, 0.5) is 5.69 Å². The molecule has 0 amide bonds. The van der Waals surface area contributed by atoms with Crippen molar-refractivity contribution in [1.29, 1.82) is 0 Å². The second kappa shape index (κ2) is 6.04. The fourth-order valence-electron chi connectivity index (χ4n) is 2.48. The Morgan fingerprint density at radius 2 is 1.92 bits per heavy atom. The Balaban J connectivity index is 2.22. The topological polar surface area (TPSA) is 124 Å². The summed E-state index contributed by atoms with van der Waals surface area (Å²) < 4.78 is 5.84. The van der Waals surface area contributed by atoms with E-state index in [4.69, 9.17) is 0 Å². The number of aromatic nitrogens is 2. The van der Waals surface area contributed by atoms with Gasteiger partial charge in [0.1, 0.15) is 5.65 Å². The number of nitrogens with zero attached hydrogens (tertiary/aromatic N) is 2. The summed E-state index contributed by atoms with van der Waals surface area (Å²) in [6.07, 6.45) is 2.87. The van der Waals surface area contributed by atoms with Crippen molar-refractivity contribution in [3.8, 4) is 0 Å². The van der Waals surface area contributed by atoms with E-state index in [2.05, 4.69) is 9.72 Å². The molecule has 2 aromatic heterocycles. The Morgan fingerprint density at radius 1 is 1.24 bits per heavy atom. The van der Waals surface area contributed by atoms with E-state index in [1.165, 1.54) is 41.1 Å². The number of non-ortho nitro benzene ring substituents is 1. The lowest BCUT2D eigenvalue weighted by Gasteiger charge is -2.09. The van der Waals surface area contributed by atoms with Crippen molar-refractivity contribution in [2.75, 3.05) is 7.11 Å². The minimum Gasteiger partial charge on any atom is -0.465 e. The number of hydrogen-bond donors (Lipinski definition) is 1. The van der Waals surface area contributed by atoms with Crippen LogP contribution in [0.3, 0.4) is 0 Å². The fraction of sp³-hybridized carbons (Fsp3) is 0.0625. The number of aromatic amines is 1. The van der Waals surface area contributed by atoms with Gasteiger partial charge in [0.15, 0.2) is 5.78 Å². The van der Waals surface area contributed by atoms with Crippen molar-refractivity contribution >= 4 is 23.1 Å². The molecule has 126 valence electrons. The van der Waals surface area contributed by atoms with Crippen LogP contribution < -0.4 is 5.56 Å². The highest BCUT2D eigenvalue weighted by atomic mass is 16.6. The molecule has 0 aliphatic rings. The number of fused-ring (bicyclic) bond motifs is 1. The molecule has 0 radical (unpaired) electrons. The van der Waals surface area contributed by atoms with Crippen LogP contribution in [0.1, 0.15) is 26.3 Å². The van der Waals surface area contributed by atoms with Crippen LogP contribution in [0.15, 0.2) is 47.5 Å². The minimum absolute atomic E-state index is 0.0506. The Labute approximate surface area is 139 Å². The number of carbonyl (C=O) groups is 2. The van der Waals surface area contributed by atoms with Crippen LogP contribution in [0, 0.1) is 10.1 Å². The molecule has 0 bridgehead atoms. The molecule has 1 N–H and O–H groups in total. The van der Waals surface area contributed by atoms with Gasteiger partial charge < -0.3 is 9.72 Å². The molecule has 3 rings (SSSR count). The van der Waals surface area contributed by atoms with Gasteiger partial charge in [-0.05, 0) is 12.1 Å². The SMILES string of the molecule is COC(=O)c1cc(=O)n2cc[nH]c2c1C(=O)c1ccc([N+](=O)[O-])cc1. The van der Waals surface area contributed by atoms with E-state index in [1.54, 1.807) is 0 Å². The quantitative estimate of drug-likeness (QED) is 0.332. The smallest absolute Gasteiger partial charge is 0.338 e. The number of benzene rings is 1. The van der Waals surface area contributed by atoms with Gasteiger partial charge >= 0.3 is 5.97 Å². The molecule has 0 spiro atoms. The van der Waals surface area contributed by atoms with E-state index in [0.29, 0.717) is 0 Å². The molecule has 9 heteroatoms. The van der Waals surface area contributed by atoms with Crippen LogP contribution in [-0.4, -0.2) is 33.2 Å². The summed E-state index contributed by atoms with van der Waals surface area (Å²) in [6, 6.07) is 5.96. The van der Waals surface area contributed by atoms with E-state index in [9.17, 15) is 24.5 Å². The zero-order chi connectivity index (χ0) is 18.1.